The lowest BCUT2D eigenvalue weighted by Gasteiger charge is -2.34. The molecule has 26 heavy (non-hydrogen) atoms. The number of benzene rings is 1. The number of aryl methyl sites for hydroxylation is 1. The molecule has 1 aromatic carbocycles. The Hall–Kier alpha value is -2.40. The van der Waals surface area contributed by atoms with E-state index in [1.807, 2.05) is 35.1 Å². The van der Waals surface area contributed by atoms with E-state index in [1.54, 1.807) is 6.08 Å². The lowest BCUT2D eigenvalue weighted by atomic mass is 10.0. The number of amides is 1. The van der Waals surface area contributed by atoms with E-state index in [0.29, 0.717) is 5.92 Å². The fourth-order valence-corrected chi connectivity index (χ4v) is 3.20. The summed E-state index contributed by atoms with van der Waals surface area (Å²) in [6.07, 6.45) is 7.56. The highest BCUT2D eigenvalue weighted by Crippen LogP contribution is 2.15. The van der Waals surface area contributed by atoms with Crippen LogP contribution in [0.4, 0.5) is 0 Å². The Labute approximate surface area is 155 Å². The van der Waals surface area contributed by atoms with Crippen LogP contribution in [0.15, 0.2) is 42.7 Å². The fraction of sp³-hybridized carbons (Fsp3) is 0.429. The molecule has 5 heteroatoms. The zero-order chi connectivity index (χ0) is 18.5. The molecule has 1 fully saturated rings. The van der Waals surface area contributed by atoms with E-state index in [1.165, 1.54) is 11.1 Å². The Kier molecular flexibility index (Phi) is 5.89. The molecular formula is C21H28N4O. The van der Waals surface area contributed by atoms with Crippen molar-refractivity contribution in [2.75, 3.05) is 26.2 Å². The van der Waals surface area contributed by atoms with Crippen LogP contribution in [0.3, 0.4) is 0 Å². The van der Waals surface area contributed by atoms with Crippen molar-refractivity contribution < 1.29 is 4.79 Å². The molecule has 0 radical (unpaired) electrons. The second-order valence-corrected chi connectivity index (χ2v) is 7.28. The van der Waals surface area contributed by atoms with E-state index >= 15 is 0 Å². The molecule has 1 aromatic heterocycles. The topological polar surface area (TPSA) is 41.4 Å². The van der Waals surface area contributed by atoms with E-state index in [2.05, 4.69) is 48.1 Å². The van der Waals surface area contributed by atoms with Crippen LogP contribution < -0.4 is 0 Å². The van der Waals surface area contributed by atoms with Gasteiger partial charge in [0.05, 0.1) is 6.20 Å². The van der Waals surface area contributed by atoms with Gasteiger partial charge in [-0.2, -0.15) is 5.10 Å². The van der Waals surface area contributed by atoms with E-state index in [-0.39, 0.29) is 5.91 Å². The SMILES string of the molecule is CC(C)c1ccc(/C=C/C(=O)N2CCN(Cc3cnn(C)c3)CC2)cc1. The molecule has 0 unspecified atom stereocenters. The summed E-state index contributed by atoms with van der Waals surface area (Å²) in [7, 11) is 1.93. The quantitative estimate of drug-likeness (QED) is 0.777. The third-order valence-corrected chi connectivity index (χ3v) is 4.87. The molecule has 1 saturated heterocycles. The van der Waals surface area contributed by atoms with Gasteiger partial charge >= 0.3 is 0 Å². The zero-order valence-corrected chi connectivity index (χ0v) is 15.9. The average Bonchev–Trinajstić information content (AvgIpc) is 3.05. The Morgan fingerprint density at radius 2 is 1.85 bits per heavy atom. The highest BCUT2D eigenvalue weighted by molar-refractivity contribution is 5.91. The molecule has 1 amide bonds. The number of hydrogen-bond donors (Lipinski definition) is 0. The number of carbonyl (C=O) groups is 1. The van der Waals surface area contributed by atoms with Gasteiger partial charge in [-0.25, -0.2) is 0 Å². The van der Waals surface area contributed by atoms with E-state index in [0.717, 1.165) is 38.3 Å². The minimum atomic E-state index is 0.0963. The number of aromatic nitrogens is 2. The lowest BCUT2D eigenvalue weighted by molar-refractivity contribution is -0.127. The second-order valence-electron chi connectivity index (χ2n) is 7.28. The monoisotopic (exact) mass is 352 g/mol. The normalized spacial score (nSPS) is 15.9. The second kappa shape index (κ2) is 8.32. The summed E-state index contributed by atoms with van der Waals surface area (Å²) in [6.45, 7) is 8.61. The molecule has 0 spiro atoms. The van der Waals surface area contributed by atoms with E-state index in [4.69, 9.17) is 0 Å². The summed E-state index contributed by atoms with van der Waals surface area (Å²) in [5.41, 5.74) is 3.60. The first-order chi connectivity index (χ1) is 12.5. The Balaban J connectivity index is 1.48. The Bertz CT molecular complexity index is 753. The van der Waals surface area contributed by atoms with Gasteiger partial charge in [0.2, 0.25) is 5.91 Å². The van der Waals surface area contributed by atoms with Gasteiger partial charge in [-0.05, 0) is 23.1 Å². The maximum absolute atomic E-state index is 12.4. The summed E-state index contributed by atoms with van der Waals surface area (Å²) in [5, 5.41) is 4.21. The molecule has 2 heterocycles. The molecular weight excluding hydrogens is 324 g/mol. The van der Waals surface area contributed by atoms with Crippen molar-refractivity contribution in [2.45, 2.75) is 26.3 Å². The standard InChI is InChI=1S/C21H28N4O/c1-17(2)20-7-4-18(5-8-20)6-9-21(26)25-12-10-24(11-13-25)16-19-14-22-23(3)15-19/h4-9,14-15,17H,10-13,16H2,1-3H3/b9-6+. The van der Waals surface area contributed by atoms with Crippen LogP contribution in [0.1, 0.15) is 36.5 Å². The maximum atomic E-state index is 12.4. The van der Waals surface area contributed by atoms with Crippen molar-refractivity contribution in [2.24, 2.45) is 7.05 Å². The van der Waals surface area contributed by atoms with Crippen molar-refractivity contribution in [3.8, 4) is 0 Å². The Morgan fingerprint density at radius 1 is 1.15 bits per heavy atom. The first-order valence-electron chi connectivity index (χ1n) is 9.28. The van der Waals surface area contributed by atoms with Crippen LogP contribution in [0.5, 0.6) is 0 Å². The minimum absolute atomic E-state index is 0.0963. The lowest BCUT2D eigenvalue weighted by Crippen LogP contribution is -2.47. The van der Waals surface area contributed by atoms with Crippen LogP contribution in [-0.4, -0.2) is 51.7 Å². The van der Waals surface area contributed by atoms with E-state index in [9.17, 15) is 4.79 Å². The van der Waals surface area contributed by atoms with E-state index < -0.39 is 0 Å². The number of piperazine rings is 1. The average molecular weight is 352 g/mol. The first kappa shape index (κ1) is 18.4. The van der Waals surface area contributed by atoms with Crippen LogP contribution in [-0.2, 0) is 18.4 Å². The van der Waals surface area contributed by atoms with Crippen LogP contribution in [0.25, 0.3) is 6.08 Å². The smallest absolute Gasteiger partial charge is 0.246 e. The van der Waals surface area contributed by atoms with Gasteiger partial charge in [-0.15, -0.1) is 0 Å². The van der Waals surface area contributed by atoms with Gasteiger partial charge in [0, 0.05) is 57.6 Å². The molecule has 0 N–H and O–H groups in total. The largest absolute Gasteiger partial charge is 0.337 e. The van der Waals surface area contributed by atoms with Gasteiger partial charge in [0.25, 0.3) is 0 Å². The molecule has 0 atom stereocenters. The summed E-state index contributed by atoms with van der Waals surface area (Å²) in [6, 6.07) is 8.41. The molecule has 1 aliphatic rings. The highest BCUT2D eigenvalue weighted by atomic mass is 16.2. The maximum Gasteiger partial charge on any atom is 0.246 e. The van der Waals surface area contributed by atoms with Crippen molar-refractivity contribution >= 4 is 12.0 Å². The zero-order valence-electron chi connectivity index (χ0n) is 15.9. The number of rotatable bonds is 5. The van der Waals surface area contributed by atoms with Crippen molar-refractivity contribution in [1.29, 1.82) is 0 Å². The number of nitrogens with zero attached hydrogens (tertiary/aromatic N) is 4. The van der Waals surface area contributed by atoms with Gasteiger partial charge in [-0.3, -0.25) is 14.4 Å². The van der Waals surface area contributed by atoms with Gasteiger partial charge in [0.15, 0.2) is 0 Å². The molecule has 0 saturated carbocycles. The molecule has 138 valence electrons. The van der Waals surface area contributed by atoms with Crippen LogP contribution >= 0.6 is 0 Å². The summed E-state index contributed by atoms with van der Waals surface area (Å²) < 4.78 is 1.83. The third kappa shape index (κ3) is 4.82. The molecule has 0 bridgehead atoms. The molecule has 3 rings (SSSR count). The summed E-state index contributed by atoms with van der Waals surface area (Å²) >= 11 is 0. The molecule has 1 aliphatic heterocycles. The van der Waals surface area contributed by atoms with Gasteiger partial charge in [0.1, 0.15) is 0 Å². The summed E-state index contributed by atoms with van der Waals surface area (Å²) in [5.74, 6) is 0.622. The Morgan fingerprint density at radius 3 is 2.42 bits per heavy atom. The molecule has 0 aliphatic carbocycles. The first-order valence-corrected chi connectivity index (χ1v) is 9.28. The minimum Gasteiger partial charge on any atom is -0.337 e. The third-order valence-electron chi connectivity index (χ3n) is 4.87. The van der Waals surface area contributed by atoms with Gasteiger partial charge < -0.3 is 4.90 Å². The predicted molar refractivity (Wildman–Crippen MR) is 105 cm³/mol. The number of hydrogen-bond acceptors (Lipinski definition) is 3. The van der Waals surface area contributed by atoms with Crippen LogP contribution in [0.2, 0.25) is 0 Å². The summed E-state index contributed by atoms with van der Waals surface area (Å²) in [4.78, 5) is 16.7. The van der Waals surface area contributed by atoms with Crippen LogP contribution in [0, 0.1) is 0 Å². The van der Waals surface area contributed by atoms with Crippen molar-refractivity contribution in [3.63, 3.8) is 0 Å². The predicted octanol–water partition coefficient (Wildman–Crippen LogP) is 2.90. The molecule has 5 nitrogen and oxygen atoms in total. The molecule has 2 aromatic rings. The van der Waals surface area contributed by atoms with Gasteiger partial charge in [-0.1, -0.05) is 38.1 Å². The number of carbonyl (C=O) groups excluding carboxylic acids is 1. The fourth-order valence-electron chi connectivity index (χ4n) is 3.20. The van der Waals surface area contributed by atoms with Crippen molar-refractivity contribution in [3.05, 3.63) is 59.4 Å². The van der Waals surface area contributed by atoms with Crippen molar-refractivity contribution in [1.82, 2.24) is 19.6 Å². The highest BCUT2D eigenvalue weighted by Gasteiger charge is 2.19.